The van der Waals surface area contributed by atoms with Crippen LogP contribution in [0.4, 0.5) is 0 Å². The molecule has 0 aromatic heterocycles. The van der Waals surface area contributed by atoms with Crippen molar-refractivity contribution in [2.45, 2.75) is 31.4 Å². The molecule has 2 N–H and O–H groups in total. The largest absolute Gasteiger partial charge is 0.381 e. The van der Waals surface area contributed by atoms with Crippen LogP contribution in [0, 0.1) is 5.92 Å². The highest BCUT2D eigenvalue weighted by atomic mass is 16.5. The van der Waals surface area contributed by atoms with Crippen molar-refractivity contribution in [1.82, 2.24) is 0 Å². The fraction of sp³-hybridized carbons (Fsp3) is 1.00. The summed E-state index contributed by atoms with van der Waals surface area (Å²) in [5.74, 6) is 0.646. The molecule has 0 saturated carbocycles. The van der Waals surface area contributed by atoms with E-state index in [1.165, 1.54) is 0 Å². The minimum atomic E-state index is 0.0987. The Morgan fingerprint density at radius 3 is 2.53 bits per heavy atom. The molecule has 2 aliphatic rings. The second-order valence-corrected chi connectivity index (χ2v) is 4.45. The highest BCUT2D eigenvalue weighted by molar-refractivity contribution is 4.77. The number of ether oxygens (including phenoxy) is 3. The van der Waals surface area contributed by atoms with Gasteiger partial charge in [0.1, 0.15) is 0 Å². The molecular formula is C11H21NO3. The van der Waals surface area contributed by atoms with E-state index in [1.807, 2.05) is 0 Å². The van der Waals surface area contributed by atoms with Crippen LogP contribution >= 0.6 is 0 Å². The molecule has 0 aromatic rings. The van der Waals surface area contributed by atoms with Crippen LogP contribution in [0.25, 0.3) is 0 Å². The van der Waals surface area contributed by atoms with Gasteiger partial charge in [-0.25, -0.2) is 0 Å². The minimum absolute atomic E-state index is 0.0987. The van der Waals surface area contributed by atoms with E-state index >= 15 is 0 Å². The predicted molar refractivity (Wildman–Crippen MR) is 56.7 cm³/mol. The van der Waals surface area contributed by atoms with Gasteiger partial charge in [-0.15, -0.1) is 0 Å². The average Bonchev–Trinajstić information content (AvgIpc) is 2.29. The Kier molecular flexibility index (Phi) is 4.38. The van der Waals surface area contributed by atoms with Crippen LogP contribution in [0.2, 0.25) is 0 Å². The highest BCUT2D eigenvalue weighted by Crippen LogP contribution is 2.17. The van der Waals surface area contributed by atoms with Gasteiger partial charge < -0.3 is 19.9 Å². The Morgan fingerprint density at radius 2 is 1.80 bits per heavy atom. The molecule has 2 unspecified atom stereocenters. The molecule has 0 radical (unpaired) electrons. The van der Waals surface area contributed by atoms with Gasteiger partial charge in [-0.3, -0.25) is 0 Å². The van der Waals surface area contributed by atoms with E-state index in [-0.39, 0.29) is 12.1 Å². The summed E-state index contributed by atoms with van der Waals surface area (Å²) in [5.41, 5.74) is 5.96. The van der Waals surface area contributed by atoms with Crippen molar-refractivity contribution in [2.24, 2.45) is 11.7 Å². The van der Waals surface area contributed by atoms with Gasteiger partial charge in [0, 0.05) is 25.9 Å². The third-order valence-electron chi connectivity index (χ3n) is 3.24. The maximum atomic E-state index is 5.96. The van der Waals surface area contributed by atoms with Crippen LogP contribution in [0.15, 0.2) is 0 Å². The maximum absolute atomic E-state index is 5.96. The molecule has 4 heteroatoms. The molecule has 0 aliphatic carbocycles. The summed E-state index contributed by atoms with van der Waals surface area (Å²) < 4.78 is 16.5. The molecule has 2 rings (SSSR count). The number of hydrogen-bond acceptors (Lipinski definition) is 4. The zero-order valence-corrected chi connectivity index (χ0v) is 9.19. The summed E-state index contributed by atoms with van der Waals surface area (Å²) in [6.45, 7) is 4.00. The average molecular weight is 215 g/mol. The molecule has 0 amide bonds. The second kappa shape index (κ2) is 5.80. The third-order valence-corrected chi connectivity index (χ3v) is 3.24. The van der Waals surface area contributed by atoms with Gasteiger partial charge in [0.15, 0.2) is 0 Å². The Morgan fingerprint density at radius 1 is 1.07 bits per heavy atom. The van der Waals surface area contributed by atoms with Crippen molar-refractivity contribution in [1.29, 1.82) is 0 Å². The van der Waals surface area contributed by atoms with E-state index in [2.05, 4.69) is 0 Å². The fourth-order valence-corrected chi connectivity index (χ4v) is 2.07. The molecule has 0 aromatic carbocycles. The first kappa shape index (κ1) is 11.3. The normalized spacial score (nSPS) is 34.2. The van der Waals surface area contributed by atoms with Crippen LogP contribution in [-0.2, 0) is 14.2 Å². The van der Waals surface area contributed by atoms with Gasteiger partial charge in [-0.2, -0.15) is 0 Å². The fourth-order valence-electron chi connectivity index (χ4n) is 2.07. The smallest absolute Gasteiger partial charge is 0.0959 e. The lowest BCUT2D eigenvalue weighted by atomic mass is 10.0. The molecule has 88 valence electrons. The number of nitrogens with two attached hydrogens (primary N) is 1. The summed E-state index contributed by atoms with van der Waals surface area (Å²) in [4.78, 5) is 0. The molecule has 2 saturated heterocycles. The molecular weight excluding hydrogens is 194 g/mol. The second-order valence-electron chi connectivity index (χ2n) is 4.45. The quantitative estimate of drug-likeness (QED) is 0.747. The summed E-state index contributed by atoms with van der Waals surface area (Å²) in [6, 6.07) is 0.151. The maximum Gasteiger partial charge on any atom is 0.0959 e. The monoisotopic (exact) mass is 215 g/mol. The van der Waals surface area contributed by atoms with E-state index in [4.69, 9.17) is 19.9 Å². The van der Waals surface area contributed by atoms with Crippen molar-refractivity contribution in [3.8, 4) is 0 Å². The SMILES string of the molecule is NC1CCOCC1OCC1CCOCC1. The van der Waals surface area contributed by atoms with Crippen molar-refractivity contribution >= 4 is 0 Å². The Labute approximate surface area is 91.1 Å². The first-order chi connectivity index (χ1) is 7.36. The van der Waals surface area contributed by atoms with Crippen molar-refractivity contribution in [3.05, 3.63) is 0 Å². The van der Waals surface area contributed by atoms with Crippen LogP contribution in [0.5, 0.6) is 0 Å². The van der Waals surface area contributed by atoms with Gasteiger partial charge in [0.25, 0.3) is 0 Å². The van der Waals surface area contributed by atoms with Gasteiger partial charge in [0.2, 0.25) is 0 Å². The first-order valence-electron chi connectivity index (χ1n) is 5.89. The Balaban J connectivity index is 1.67. The van der Waals surface area contributed by atoms with Crippen molar-refractivity contribution in [3.63, 3.8) is 0 Å². The van der Waals surface area contributed by atoms with E-state index in [0.717, 1.165) is 45.7 Å². The van der Waals surface area contributed by atoms with Crippen LogP contribution in [0.3, 0.4) is 0 Å². The van der Waals surface area contributed by atoms with Crippen molar-refractivity contribution < 1.29 is 14.2 Å². The van der Waals surface area contributed by atoms with Crippen molar-refractivity contribution in [2.75, 3.05) is 33.0 Å². The van der Waals surface area contributed by atoms with E-state index in [1.54, 1.807) is 0 Å². The molecule has 4 nitrogen and oxygen atoms in total. The van der Waals surface area contributed by atoms with Crippen LogP contribution in [-0.4, -0.2) is 45.2 Å². The lowest BCUT2D eigenvalue weighted by Gasteiger charge is -2.31. The Hall–Kier alpha value is -0.160. The molecule has 2 aliphatic heterocycles. The molecule has 2 atom stereocenters. The van der Waals surface area contributed by atoms with Gasteiger partial charge in [0.05, 0.1) is 19.3 Å². The molecule has 15 heavy (non-hydrogen) atoms. The van der Waals surface area contributed by atoms with Gasteiger partial charge in [-0.05, 0) is 25.2 Å². The van der Waals surface area contributed by atoms with Crippen LogP contribution in [0.1, 0.15) is 19.3 Å². The van der Waals surface area contributed by atoms with E-state index in [0.29, 0.717) is 12.5 Å². The predicted octanol–water partition coefficient (Wildman–Crippen LogP) is 0.546. The van der Waals surface area contributed by atoms with E-state index in [9.17, 15) is 0 Å². The number of hydrogen-bond donors (Lipinski definition) is 1. The van der Waals surface area contributed by atoms with Crippen LogP contribution < -0.4 is 5.73 Å². The van der Waals surface area contributed by atoms with Gasteiger partial charge in [-0.1, -0.05) is 0 Å². The topological polar surface area (TPSA) is 53.7 Å². The molecule has 2 heterocycles. The molecule has 0 spiro atoms. The Bertz CT molecular complexity index is 183. The summed E-state index contributed by atoms with van der Waals surface area (Å²) >= 11 is 0. The summed E-state index contributed by atoms with van der Waals surface area (Å²) in [6.07, 6.45) is 3.24. The minimum Gasteiger partial charge on any atom is -0.381 e. The zero-order valence-electron chi connectivity index (χ0n) is 9.19. The zero-order chi connectivity index (χ0) is 10.5. The summed E-state index contributed by atoms with van der Waals surface area (Å²) in [7, 11) is 0. The van der Waals surface area contributed by atoms with E-state index < -0.39 is 0 Å². The lowest BCUT2D eigenvalue weighted by molar-refractivity contribution is -0.0797. The first-order valence-corrected chi connectivity index (χ1v) is 5.89. The molecule has 0 bridgehead atoms. The van der Waals surface area contributed by atoms with Gasteiger partial charge >= 0.3 is 0 Å². The lowest BCUT2D eigenvalue weighted by Crippen LogP contribution is -2.45. The summed E-state index contributed by atoms with van der Waals surface area (Å²) in [5, 5.41) is 0. The third kappa shape index (κ3) is 3.41. The number of rotatable bonds is 3. The molecule has 2 fully saturated rings. The highest BCUT2D eigenvalue weighted by Gasteiger charge is 2.24. The standard InChI is InChI=1S/C11H21NO3/c12-10-3-6-14-8-11(10)15-7-9-1-4-13-5-2-9/h9-11H,1-8,12H2.